The molecule has 3 aliphatic rings. The molecule has 3 aromatic rings. The summed E-state index contributed by atoms with van der Waals surface area (Å²) < 4.78 is 1.65. The van der Waals surface area contributed by atoms with Gasteiger partial charge in [-0.2, -0.15) is 4.98 Å². The molecule has 0 amide bonds. The summed E-state index contributed by atoms with van der Waals surface area (Å²) >= 11 is 1.41. The third-order valence-corrected chi connectivity index (χ3v) is 9.30. The van der Waals surface area contributed by atoms with Crippen molar-refractivity contribution in [3.8, 4) is 5.69 Å². The first-order chi connectivity index (χ1) is 18.0. The Balaban J connectivity index is 1.16. The molecule has 9 heteroatoms. The molecule has 1 aliphatic carbocycles. The third-order valence-electron chi connectivity index (χ3n) is 8.55. The standard InChI is InChI=1S/C28H37N7OS/c29-27(30)37-13-12-20-5-3-7-22(31-20)17-8-10-21(11-9-17)35-16-19-15-25(33-26(19)34-28(35)36)24-14-18-4-1-2-6-23(18)32-24/h8-11,15-16,18,20,22-24,31-32H,1-7,12-14H2,(H3,29,30)(H,33,34,36)/t18-,20+,22+,23+,24?/m1/s1. The maximum absolute atomic E-state index is 12.9. The highest BCUT2D eigenvalue weighted by molar-refractivity contribution is 8.13. The minimum absolute atomic E-state index is 0.189. The minimum atomic E-state index is -0.263. The van der Waals surface area contributed by atoms with Gasteiger partial charge >= 0.3 is 5.69 Å². The number of aromatic amines is 1. The number of nitrogens with zero attached hydrogens (tertiary/aromatic N) is 2. The van der Waals surface area contributed by atoms with Crippen LogP contribution in [0.1, 0.15) is 81.1 Å². The van der Waals surface area contributed by atoms with Gasteiger partial charge in [-0.1, -0.05) is 43.2 Å². The van der Waals surface area contributed by atoms with E-state index in [0.29, 0.717) is 29.8 Å². The van der Waals surface area contributed by atoms with Crippen molar-refractivity contribution >= 4 is 28.0 Å². The Morgan fingerprint density at radius 1 is 1.08 bits per heavy atom. The predicted octanol–water partition coefficient (Wildman–Crippen LogP) is 4.51. The van der Waals surface area contributed by atoms with Gasteiger partial charge in [0, 0.05) is 47.2 Å². The molecule has 0 bridgehead atoms. The highest BCUT2D eigenvalue weighted by atomic mass is 32.2. The Kier molecular flexibility index (Phi) is 7.10. The normalized spacial score (nSPS) is 27.8. The van der Waals surface area contributed by atoms with Crippen LogP contribution in [0.2, 0.25) is 0 Å². The summed E-state index contributed by atoms with van der Waals surface area (Å²) in [5, 5.41) is 16.1. The number of aromatic nitrogens is 3. The van der Waals surface area contributed by atoms with Gasteiger partial charge < -0.3 is 21.4 Å². The maximum Gasteiger partial charge on any atom is 0.354 e. The SMILES string of the molecule is N=C(N)SCC[C@@H]1CCC[C@@H](c2ccc(-n3cc4cc(C5C[C@H]6CCCC[C@@H]6N5)[nH]c4nc3=O)cc2)N1. The number of amidine groups is 1. The van der Waals surface area contributed by atoms with Crippen LogP contribution in [-0.4, -0.2) is 37.5 Å². The predicted molar refractivity (Wildman–Crippen MR) is 150 cm³/mol. The van der Waals surface area contributed by atoms with Gasteiger partial charge in [-0.05, 0) is 68.2 Å². The second-order valence-electron chi connectivity index (χ2n) is 11.0. The fourth-order valence-electron chi connectivity index (χ4n) is 6.63. The second-order valence-corrected chi connectivity index (χ2v) is 12.1. The average molecular weight is 520 g/mol. The quantitative estimate of drug-likeness (QED) is 0.241. The maximum atomic E-state index is 12.9. The van der Waals surface area contributed by atoms with E-state index in [0.717, 1.165) is 54.1 Å². The molecule has 1 aromatic carbocycles. The largest absolute Gasteiger partial charge is 0.379 e. The lowest BCUT2D eigenvalue weighted by molar-refractivity contribution is 0.320. The number of rotatable bonds is 6. The number of benzene rings is 1. The molecule has 2 saturated heterocycles. The molecule has 1 unspecified atom stereocenters. The first kappa shape index (κ1) is 24.7. The van der Waals surface area contributed by atoms with Crippen molar-refractivity contribution in [2.75, 3.05) is 5.75 Å². The summed E-state index contributed by atoms with van der Waals surface area (Å²) in [5.41, 5.74) is 9.10. The number of nitrogens with two attached hydrogens (primary N) is 1. The van der Waals surface area contributed by atoms with Gasteiger partial charge in [-0.25, -0.2) is 4.79 Å². The highest BCUT2D eigenvalue weighted by Crippen LogP contribution is 2.39. The summed E-state index contributed by atoms with van der Waals surface area (Å²) in [6.45, 7) is 0. The fourth-order valence-corrected chi connectivity index (χ4v) is 7.25. The number of piperidine rings is 1. The molecule has 6 N–H and O–H groups in total. The highest BCUT2D eigenvalue weighted by Gasteiger charge is 2.36. The summed E-state index contributed by atoms with van der Waals surface area (Å²) in [6, 6.07) is 12.2. The van der Waals surface area contributed by atoms with E-state index in [1.54, 1.807) is 4.57 Å². The summed E-state index contributed by atoms with van der Waals surface area (Å²) in [5.74, 6) is 1.64. The summed E-state index contributed by atoms with van der Waals surface area (Å²) in [6.07, 6.45) is 12.8. The van der Waals surface area contributed by atoms with E-state index in [1.807, 2.05) is 18.3 Å². The lowest BCUT2D eigenvalue weighted by Gasteiger charge is -2.31. The number of fused-ring (bicyclic) bond motifs is 2. The lowest BCUT2D eigenvalue weighted by atomic mass is 9.85. The molecule has 1 saturated carbocycles. The van der Waals surface area contributed by atoms with Crippen molar-refractivity contribution in [2.24, 2.45) is 11.7 Å². The van der Waals surface area contributed by atoms with Crippen LogP contribution in [0.15, 0.2) is 41.3 Å². The molecule has 6 rings (SSSR count). The van der Waals surface area contributed by atoms with Gasteiger partial charge in [0.2, 0.25) is 0 Å². The second kappa shape index (κ2) is 10.6. The smallest absolute Gasteiger partial charge is 0.354 e. The van der Waals surface area contributed by atoms with Crippen LogP contribution >= 0.6 is 11.8 Å². The van der Waals surface area contributed by atoms with Crippen LogP contribution < -0.4 is 22.1 Å². The monoisotopic (exact) mass is 519 g/mol. The Morgan fingerprint density at radius 3 is 2.73 bits per heavy atom. The molecular formula is C28H37N7OS. The Bertz CT molecular complexity index is 1300. The van der Waals surface area contributed by atoms with Crippen LogP contribution in [0.5, 0.6) is 0 Å². The lowest BCUT2D eigenvalue weighted by Crippen LogP contribution is -2.37. The van der Waals surface area contributed by atoms with E-state index in [2.05, 4.69) is 38.8 Å². The molecule has 196 valence electrons. The number of nitrogens with one attached hydrogen (secondary N) is 4. The molecule has 0 spiro atoms. The van der Waals surface area contributed by atoms with Crippen LogP contribution in [0.25, 0.3) is 16.7 Å². The van der Waals surface area contributed by atoms with Crippen LogP contribution in [0, 0.1) is 11.3 Å². The first-order valence-corrected chi connectivity index (χ1v) is 14.7. The van der Waals surface area contributed by atoms with Crippen LogP contribution in [0.4, 0.5) is 0 Å². The van der Waals surface area contributed by atoms with Crippen molar-refractivity contribution in [2.45, 2.75) is 82.0 Å². The fraction of sp³-hybridized carbons (Fsp3) is 0.536. The number of hydrogen-bond donors (Lipinski definition) is 5. The Morgan fingerprint density at radius 2 is 1.92 bits per heavy atom. The zero-order valence-corrected chi connectivity index (χ0v) is 22.0. The van der Waals surface area contributed by atoms with Gasteiger partial charge in [-0.15, -0.1) is 0 Å². The molecule has 3 fully saturated rings. The minimum Gasteiger partial charge on any atom is -0.379 e. The van der Waals surface area contributed by atoms with Gasteiger partial charge in [0.05, 0.1) is 5.69 Å². The van der Waals surface area contributed by atoms with Crippen molar-refractivity contribution in [1.82, 2.24) is 25.2 Å². The van der Waals surface area contributed by atoms with Crippen molar-refractivity contribution in [3.05, 3.63) is 58.3 Å². The molecule has 2 aromatic heterocycles. The van der Waals surface area contributed by atoms with E-state index in [1.165, 1.54) is 49.4 Å². The van der Waals surface area contributed by atoms with Crippen molar-refractivity contribution in [3.63, 3.8) is 0 Å². The van der Waals surface area contributed by atoms with E-state index >= 15 is 0 Å². The number of hydrogen-bond acceptors (Lipinski definition) is 6. The molecule has 0 radical (unpaired) electrons. The first-order valence-electron chi connectivity index (χ1n) is 13.7. The topological polar surface area (TPSA) is 125 Å². The molecule has 8 nitrogen and oxygen atoms in total. The molecule has 2 aliphatic heterocycles. The van der Waals surface area contributed by atoms with Crippen LogP contribution in [-0.2, 0) is 0 Å². The molecule has 4 heterocycles. The summed E-state index contributed by atoms with van der Waals surface area (Å²) in [4.78, 5) is 20.7. The zero-order chi connectivity index (χ0) is 25.4. The van der Waals surface area contributed by atoms with E-state index in [9.17, 15) is 4.79 Å². The third kappa shape index (κ3) is 5.35. The number of thioether (sulfide) groups is 1. The van der Waals surface area contributed by atoms with Crippen molar-refractivity contribution in [1.29, 1.82) is 5.41 Å². The molecule has 5 atom stereocenters. The van der Waals surface area contributed by atoms with Gasteiger partial charge in [-0.3, -0.25) is 9.98 Å². The molecular weight excluding hydrogens is 482 g/mol. The number of H-pyrrole nitrogens is 1. The van der Waals surface area contributed by atoms with E-state index in [4.69, 9.17) is 11.1 Å². The van der Waals surface area contributed by atoms with Gasteiger partial charge in [0.15, 0.2) is 5.17 Å². The average Bonchev–Trinajstić information content (AvgIpc) is 3.52. The van der Waals surface area contributed by atoms with Gasteiger partial charge in [0.25, 0.3) is 0 Å². The molecule has 37 heavy (non-hydrogen) atoms. The van der Waals surface area contributed by atoms with Gasteiger partial charge in [0.1, 0.15) is 5.65 Å². The van der Waals surface area contributed by atoms with E-state index < -0.39 is 0 Å². The zero-order valence-electron chi connectivity index (χ0n) is 21.2. The Labute approximate surface area is 221 Å². The van der Waals surface area contributed by atoms with Crippen LogP contribution in [0.3, 0.4) is 0 Å². The van der Waals surface area contributed by atoms with E-state index in [-0.39, 0.29) is 10.9 Å². The summed E-state index contributed by atoms with van der Waals surface area (Å²) in [7, 11) is 0. The Hall–Kier alpha value is -2.62. The van der Waals surface area contributed by atoms with Crippen molar-refractivity contribution < 1.29 is 0 Å².